The molecule has 1 unspecified atom stereocenters. The van der Waals surface area contributed by atoms with E-state index in [2.05, 4.69) is 36.6 Å². The van der Waals surface area contributed by atoms with Gasteiger partial charge in [0, 0.05) is 22.7 Å². The summed E-state index contributed by atoms with van der Waals surface area (Å²) in [5, 5.41) is 9.12. The van der Waals surface area contributed by atoms with Crippen molar-refractivity contribution in [1.29, 1.82) is 0 Å². The summed E-state index contributed by atoms with van der Waals surface area (Å²) in [7, 11) is -2.44. The van der Waals surface area contributed by atoms with E-state index in [1.54, 1.807) is 12.1 Å². The molecule has 0 fully saturated rings. The molecule has 0 saturated heterocycles. The first-order valence-corrected chi connectivity index (χ1v) is 9.04. The number of ether oxygens (including phenoxy) is 1. The van der Waals surface area contributed by atoms with Crippen molar-refractivity contribution < 1.29 is 23.1 Å². The summed E-state index contributed by atoms with van der Waals surface area (Å²) >= 11 is 6.34. The average molecular weight is 445 g/mol. The van der Waals surface area contributed by atoms with Gasteiger partial charge in [0.25, 0.3) is 0 Å². The van der Waals surface area contributed by atoms with Gasteiger partial charge in [0.1, 0.15) is 6.04 Å². The number of carbonyl (C=O) groups is 1. The molecule has 1 aromatic rings. The summed E-state index contributed by atoms with van der Waals surface area (Å²) in [6, 6.07) is 3.45. The minimum Gasteiger partial charge on any atom is -0.480 e. The highest BCUT2D eigenvalue weighted by Crippen LogP contribution is 2.25. The molecule has 21 heavy (non-hydrogen) atoms. The molecule has 0 radical (unpaired) electrons. The van der Waals surface area contributed by atoms with Gasteiger partial charge in [-0.2, -0.15) is 4.72 Å². The van der Waals surface area contributed by atoms with Crippen molar-refractivity contribution in [1.82, 2.24) is 4.72 Å². The van der Waals surface area contributed by atoms with Gasteiger partial charge in [0.15, 0.2) is 0 Å². The van der Waals surface area contributed by atoms with Gasteiger partial charge < -0.3 is 9.84 Å². The highest BCUT2D eigenvalue weighted by molar-refractivity contribution is 9.11. The van der Waals surface area contributed by atoms with Gasteiger partial charge in [-0.25, -0.2) is 8.42 Å². The van der Waals surface area contributed by atoms with E-state index in [9.17, 15) is 13.2 Å². The van der Waals surface area contributed by atoms with Crippen LogP contribution in [0.2, 0.25) is 0 Å². The number of aliphatic carboxylic acids is 1. The number of carboxylic acids is 1. The van der Waals surface area contributed by atoms with Crippen molar-refractivity contribution in [2.75, 3.05) is 13.7 Å². The molecule has 0 aliphatic heterocycles. The molecule has 118 valence electrons. The van der Waals surface area contributed by atoms with Gasteiger partial charge in [-0.15, -0.1) is 0 Å². The Morgan fingerprint density at radius 1 is 1.43 bits per heavy atom. The van der Waals surface area contributed by atoms with Crippen molar-refractivity contribution in [3.8, 4) is 0 Å². The maximum atomic E-state index is 12.3. The quantitative estimate of drug-likeness (QED) is 0.600. The summed E-state index contributed by atoms with van der Waals surface area (Å²) in [5.74, 6) is -1.22. The molecule has 2 N–H and O–H groups in total. The molecule has 0 bridgehead atoms. The van der Waals surface area contributed by atoms with Crippen LogP contribution in [0.15, 0.2) is 32.0 Å². The fourth-order valence-electron chi connectivity index (χ4n) is 1.60. The lowest BCUT2D eigenvalue weighted by atomic mass is 10.2. The molecule has 0 aliphatic carbocycles. The molecule has 0 heterocycles. The zero-order valence-corrected chi connectivity index (χ0v) is 15.2. The van der Waals surface area contributed by atoms with E-state index >= 15 is 0 Å². The van der Waals surface area contributed by atoms with Crippen LogP contribution in [0.3, 0.4) is 0 Å². The number of hydrogen-bond donors (Lipinski definition) is 2. The third-order valence-electron chi connectivity index (χ3n) is 2.62. The fourth-order valence-corrected chi connectivity index (χ4v) is 4.32. The van der Waals surface area contributed by atoms with Crippen LogP contribution >= 0.6 is 31.9 Å². The zero-order chi connectivity index (χ0) is 16.0. The van der Waals surface area contributed by atoms with Crippen molar-refractivity contribution in [3.05, 3.63) is 27.1 Å². The number of hydrogen-bond acceptors (Lipinski definition) is 4. The Balaban J connectivity index is 2.95. The van der Waals surface area contributed by atoms with Crippen LogP contribution in [0.1, 0.15) is 12.8 Å². The first-order valence-electron chi connectivity index (χ1n) is 5.97. The average Bonchev–Trinajstić information content (AvgIpc) is 2.40. The van der Waals surface area contributed by atoms with Crippen molar-refractivity contribution in [3.63, 3.8) is 0 Å². The SMILES string of the molecule is COCCCC(NS(=O)(=O)c1cc(Br)ccc1Br)C(=O)O. The molecular weight excluding hydrogens is 430 g/mol. The number of sulfonamides is 1. The fraction of sp³-hybridized carbons (Fsp3) is 0.417. The van der Waals surface area contributed by atoms with Gasteiger partial charge in [0.2, 0.25) is 10.0 Å². The van der Waals surface area contributed by atoms with Crippen LogP contribution in [0.5, 0.6) is 0 Å². The predicted molar refractivity (Wildman–Crippen MR) is 84.7 cm³/mol. The minimum absolute atomic E-state index is 0.0186. The summed E-state index contributed by atoms with van der Waals surface area (Å²) in [6.07, 6.45) is 0.587. The van der Waals surface area contributed by atoms with Crippen molar-refractivity contribution in [2.24, 2.45) is 0 Å². The number of rotatable bonds is 8. The Bertz CT molecular complexity index is 606. The number of benzene rings is 1. The van der Waals surface area contributed by atoms with Crippen LogP contribution in [0.25, 0.3) is 0 Å². The van der Waals surface area contributed by atoms with Crippen LogP contribution in [0.4, 0.5) is 0 Å². The van der Waals surface area contributed by atoms with Crippen LogP contribution in [-0.4, -0.2) is 39.3 Å². The van der Waals surface area contributed by atoms with Crippen LogP contribution in [0, 0.1) is 0 Å². The molecule has 9 heteroatoms. The topological polar surface area (TPSA) is 92.7 Å². The van der Waals surface area contributed by atoms with Crippen molar-refractivity contribution in [2.45, 2.75) is 23.8 Å². The molecule has 1 rings (SSSR count). The van der Waals surface area contributed by atoms with E-state index in [-0.39, 0.29) is 11.3 Å². The van der Waals surface area contributed by atoms with E-state index in [0.717, 1.165) is 0 Å². The van der Waals surface area contributed by atoms with Crippen molar-refractivity contribution >= 4 is 47.9 Å². The van der Waals surface area contributed by atoms with E-state index < -0.39 is 22.0 Å². The van der Waals surface area contributed by atoms with Crippen LogP contribution in [-0.2, 0) is 19.6 Å². The van der Waals surface area contributed by atoms with E-state index in [4.69, 9.17) is 9.84 Å². The Morgan fingerprint density at radius 3 is 2.67 bits per heavy atom. The molecule has 0 spiro atoms. The molecule has 6 nitrogen and oxygen atoms in total. The normalized spacial score (nSPS) is 13.1. The third kappa shape index (κ3) is 5.67. The monoisotopic (exact) mass is 443 g/mol. The highest BCUT2D eigenvalue weighted by atomic mass is 79.9. The first-order chi connectivity index (χ1) is 9.77. The third-order valence-corrected chi connectivity index (χ3v) is 5.58. The summed E-state index contributed by atoms with van der Waals surface area (Å²) in [4.78, 5) is 11.1. The Morgan fingerprint density at radius 2 is 2.10 bits per heavy atom. The van der Waals surface area contributed by atoms with Gasteiger partial charge in [0.05, 0.1) is 4.90 Å². The lowest BCUT2D eigenvalue weighted by Crippen LogP contribution is -2.41. The Labute approximate surface area is 140 Å². The summed E-state index contributed by atoms with van der Waals surface area (Å²) in [6.45, 7) is 0.367. The Kier molecular flexibility index (Phi) is 7.28. The number of carboxylic acid groups (broad SMARTS) is 1. The predicted octanol–water partition coefficient (Wildman–Crippen LogP) is 2.37. The standard InChI is InChI=1S/C12H15Br2NO5S/c1-20-6-2-3-10(12(16)17)15-21(18,19)11-7-8(13)4-5-9(11)14/h4-5,7,10,15H,2-3,6H2,1H3,(H,16,17). The Hall–Kier alpha value is -0.480. The van der Waals surface area contributed by atoms with Crippen LogP contribution < -0.4 is 4.72 Å². The molecule has 0 aromatic heterocycles. The summed E-state index contributed by atoms with van der Waals surface area (Å²) in [5.41, 5.74) is 0. The van der Waals surface area contributed by atoms with Gasteiger partial charge in [-0.1, -0.05) is 15.9 Å². The summed E-state index contributed by atoms with van der Waals surface area (Å²) < 4.78 is 32.6. The largest absolute Gasteiger partial charge is 0.480 e. The van der Waals surface area contributed by atoms with E-state index in [1.165, 1.54) is 13.2 Å². The second-order valence-corrected chi connectivity index (χ2v) is 7.67. The second-order valence-electron chi connectivity index (χ2n) is 4.22. The van der Waals surface area contributed by atoms with Gasteiger partial charge in [-0.3, -0.25) is 4.79 Å². The molecule has 0 aliphatic rings. The first kappa shape index (κ1) is 18.6. The molecule has 1 aromatic carbocycles. The lowest BCUT2D eigenvalue weighted by Gasteiger charge is -2.15. The lowest BCUT2D eigenvalue weighted by molar-refractivity contribution is -0.139. The minimum atomic E-state index is -3.94. The molecule has 0 amide bonds. The maximum Gasteiger partial charge on any atom is 0.321 e. The zero-order valence-electron chi connectivity index (χ0n) is 11.2. The number of nitrogens with one attached hydrogen (secondary N) is 1. The van der Waals surface area contributed by atoms with Gasteiger partial charge >= 0.3 is 5.97 Å². The molecule has 0 saturated carbocycles. The van der Waals surface area contributed by atoms with Gasteiger partial charge in [-0.05, 0) is 47.0 Å². The highest BCUT2D eigenvalue weighted by Gasteiger charge is 2.26. The van der Waals surface area contributed by atoms with E-state index in [0.29, 0.717) is 22.0 Å². The molecule has 1 atom stereocenters. The van der Waals surface area contributed by atoms with E-state index in [1.807, 2.05) is 0 Å². The second kappa shape index (κ2) is 8.23. The number of halogens is 2. The molecular formula is C12H15Br2NO5S. The maximum absolute atomic E-state index is 12.3. The smallest absolute Gasteiger partial charge is 0.321 e. The number of methoxy groups -OCH3 is 1.